The number of aromatic nitrogens is 3. The number of thiophene rings is 1. The van der Waals surface area contributed by atoms with Crippen LogP contribution >= 0.6 is 23.1 Å². The van der Waals surface area contributed by atoms with E-state index in [1.807, 2.05) is 24.4 Å². The summed E-state index contributed by atoms with van der Waals surface area (Å²) in [5.41, 5.74) is 0. The van der Waals surface area contributed by atoms with E-state index in [-0.39, 0.29) is 0 Å². The van der Waals surface area contributed by atoms with Crippen molar-refractivity contribution in [1.82, 2.24) is 15.2 Å². The van der Waals surface area contributed by atoms with Gasteiger partial charge in [-0.05, 0) is 17.9 Å². The van der Waals surface area contributed by atoms with E-state index in [0.717, 1.165) is 4.88 Å². The number of thioether (sulfide) groups is 1. The van der Waals surface area contributed by atoms with E-state index in [0.29, 0.717) is 17.4 Å². The monoisotopic (exact) mass is 269 g/mol. The molecule has 2 aromatic rings. The van der Waals surface area contributed by atoms with Gasteiger partial charge in [-0.3, -0.25) is 9.89 Å². The molecule has 0 fully saturated rings. The van der Waals surface area contributed by atoms with E-state index in [9.17, 15) is 4.79 Å². The average Bonchev–Trinajstić information content (AvgIpc) is 2.95. The van der Waals surface area contributed by atoms with Crippen molar-refractivity contribution in [2.75, 3.05) is 0 Å². The lowest BCUT2D eigenvalue weighted by molar-refractivity contribution is -0.136. The van der Waals surface area contributed by atoms with E-state index in [4.69, 9.17) is 5.11 Å². The van der Waals surface area contributed by atoms with Crippen molar-refractivity contribution in [2.24, 2.45) is 0 Å². The fourth-order valence-corrected chi connectivity index (χ4v) is 2.69. The van der Waals surface area contributed by atoms with Crippen molar-refractivity contribution in [3.8, 4) is 10.7 Å². The first kappa shape index (κ1) is 12.1. The lowest BCUT2D eigenvalue weighted by Crippen LogP contribution is -2.14. The van der Waals surface area contributed by atoms with Crippen LogP contribution < -0.4 is 0 Å². The number of H-pyrrole nitrogens is 1. The molecule has 7 heteroatoms. The number of carboxylic acids is 1. The fourth-order valence-electron chi connectivity index (χ4n) is 1.26. The van der Waals surface area contributed by atoms with Crippen LogP contribution in [0.15, 0.2) is 22.7 Å². The van der Waals surface area contributed by atoms with Gasteiger partial charge >= 0.3 is 5.97 Å². The maximum absolute atomic E-state index is 10.9. The molecule has 0 amide bonds. The third-order valence-corrected chi connectivity index (χ3v) is 4.20. The molecule has 0 saturated heterocycles. The molecule has 0 saturated carbocycles. The minimum absolute atomic E-state index is 0.475. The minimum Gasteiger partial charge on any atom is -0.480 e. The Morgan fingerprint density at radius 1 is 1.71 bits per heavy atom. The molecule has 0 aliphatic carbocycles. The average molecular weight is 269 g/mol. The number of hydrogen-bond acceptors (Lipinski definition) is 5. The predicted octanol–water partition coefficient (Wildman–Crippen LogP) is 2.49. The van der Waals surface area contributed by atoms with E-state index in [1.165, 1.54) is 11.8 Å². The second kappa shape index (κ2) is 5.33. The topological polar surface area (TPSA) is 78.9 Å². The van der Waals surface area contributed by atoms with Crippen molar-refractivity contribution in [2.45, 2.75) is 23.8 Å². The fraction of sp³-hybridized carbons (Fsp3) is 0.300. The first-order chi connectivity index (χ1) is 8.20. The van der Waals surface area contributed by atoms with Crippen molar-refractivity contribution in [3.05, 3.63) is 17.5 Å². The Morgan fingerprint density at radius 2 is 2.53 bits per heavy atom. The van der Waals surface area contributed by atoms with Gasteiger partial charge in [0.25, 0.3) is 0 Å². The van der Waals surface area contributed by atoms with Gasteiger partial charge in [-0.1, -0.05) is 24.8 Å². The second-order valence-corrected chi connectivity index (χ2v) is 5.41. The zero-order valence-corrected chi connectivity index (χ0v) is 10.7. The van der Waals surface area contributed by atoms with Gasteiger partial charge in [-0.25, -0.2) is 4.98 Å². The molecule has 1 atom stereocenters. The van der Waals surface area contributed by atoms with Crippen LogP contribution in [0.5, 0.6) is 0 Å². The summed E-state index contributed by atoms with van der Waals surface area (Å²) in [6, 6.07) is 3.87. The Bertz CT molecular complexity index is 495. The number of nitrogens with zero attached hydrogens (tertiary/aromatic N) is 2. The molecule has 2 heterocycles. The van der Waals surface area contributed by atoms with Crippen LogP contribution in [0.25, 0.3) is 10.7 Å². The molecule has 90 valence electrons. The summed E-state index contributed by atoms with van der Waals surface area (Å²) in [5, 5.41) is 17.7. The summed E-state index contributed by atoms with van der Waals surface area (Å²) >= 11 is 2.73. The molecule has 0 aliphatic heterocycles. The molecule has 2 N–H and O–H groups in total. The van der Waals surface area contributed by atoms with Gasteiger partial charge in [0, 0.05) is 0 Å². The summed E-state index contributed by atoms with van der Waals surface area (Å²) in [6.45, 7) is 1.83. The number of rotatable bonds is 5. The lowest BCUT2D eigenvalue weighted by atomic mass is 10.3. The van der Waals surface area contributed by atoms with E-state index in [1.54, 1.807) is 11.3 Å². The maximum atomic E-state index is 10.9. The second-order valence-electron chi connectivity index (χ2n) is 3.30. The van der Waals surface area contributed by atoms with Crippen LogP contribution in [-0.4, -0.2) is 31.5 Å². The van der Waals surface area contributed by atoms with Crippen LogP contribution in [0.2, 0.25) is 0 Å². The van der Waals surface area contributed by atoms with Gasteiger partial charge in [0.1, 0.15) is 5.25 Å². The highest BCUT2D eigenvalue weighted by Gasteiger charge is 2.19. The van der Waals surface area contributed by atoms with Crippen LogP contribution in [0, 0.1) is 0 Å². The number of aliphatic carboxylic acids is 1. The zero-order chi connectivity index (χ0) is 12.3. The Kier molecular flexibility index (Phi) is 3.80. The van der Waals surface area contributed by atoms with Crippen molar-refractivity contribution < 1.29 is 9.90 Å². The lowest BCUT2D eigenvalue weighted by Gasteiger charge is -2.04. The van der Waals surface area contributed by atoms with Gasteiger partial charge in [0.2, 0.25) is 5.16 Å². The highest BCUT2D eigenvalue weighted by molar-refractivity contribution is 8.00. The summed E-state index contributed by atoms with van der Waals surface area (Å²) in [5.74, 6) is -0.150. The number of carbonyl (C=O) groups is 1. The Morgan fingerprint density at radius 3 is 3.12 bits per heavy atom. The first-order valence-electron chi connectivity index (χ1n) is 5.06. The van der Waals surface area contributed by atoms with Gasteiger partial charge in [-0.2, -0.15) is 0 Å². The molecule has 0 unspecified atom stereocenters. The SMILES string of the molecule is CC[C@H](Sc1n[nH]c(-c2cccs2)n1)C(=O)O. The molecule has 2 aromatic heterocycles. The third-order valence-electron chi connectivity index (χ3n) is 2.11. The summed E-state index contributed by atoms with van der Waals surface area (Å²) in [4.78, 5) is 16.1. The molecule has 0 aliphatic rings. The van der Waals surface area contributed by atoms with Crippen LogP contribution in [-0.2, 0) is 4.79 Å². The number of carboxylic acid groups (broad SMARTS) is 1. The van der Waals surface area contributed by atoms with Crippen molar-refractivity contribution in [1.29, 1.82) is 0 Å². The quantitative estimate of drug-likeness (QED) is 0.815. The number of aromatic amines is 1. The van der Waals surface area contributed by atoms with Gasteiger partial charge in [0.15, 0.2) is 5.82 Å². The summed E-state index contributed by atoms with van der Waals surface area (Å²) in [7, 11) is 0. The first-order valence-corrected chi connectivity index (χ1v) is 6.82. The molecule has 0 aromatic carbocycles. The Labute approximate surface area is 106 Å². The molecule has 0 radical (unpaired) electrons. The van der Waals surface area contributed by atoms with E-state index >= 15 is 0 Å². The van der Waals surface area contributed by atoms with Crippen LogP contribution in [0.4, 0.5) is 0 Å². The minimum atomic E-state index is -0.833. The molecule has 17 heavy (non-hydrogen) atoms. The van der Waals surface area contributed by atoms with Gasteiger partial charge < -0.3 is 5.11 Å². The zero-order valence-electron chi connectivity index (χ0n) is 9.08. The molecule has 2 rings (SSSR count). The van der Waals surface area contributed by atoms with E-state index in [2.05, 4.69) is 15.2 Å². The van der Waals surface area contributed by atoms with Crippen molar-refractivity contribution in [3.63, 3.8) is 0 Å². The normalized spacial score (nSPS) is 12.5. The van der Waals surface area contributed by atoms with Crippen LogP contribution in [0.1, 0.15) is 13.3 Å². The van der Waals surface area contributed by atoms with E-state index < -0.39 is 11.2 Å². The maximum Gasteiger partial charge on any atom is 0.317 e. The highest BCUT2D eigenvalue weighted by atomic mass is 32.2. The number of hydrogen-bond donors (Lipinski definition) is 2. The Balaban J connectivity index is 2.11. The molecular formula is C10H11N3O2S2. The standard InChI is InChI=1S/C10H11N3O2S2/c1-2-6(9(14)15)17-10-11-8(12-13-10)7-4-3-5-16-7/h3-6H,2H2,1H3,(H,14,15)(H,11,12,13)/t6-/m0/s1. The summed E-state index contributed by atoms with van der Waals surface area (Å²) in [6.07, 6.45) is 0.545. The molecule has 5 nitrogen and oxygen atoms in total. The van der Waals surface area contributed by atoms with Gasteiger partial charge in [-0.15, -0.1) is 16.4 Å². The number of nitrogens with one attached hydrogen (secondary N) is 1. The third kappa shape index (κ3) is 2.86. The Hall–Kier alpha value is -1.34. The highest BCUT2D eigenvalue weighted by Crippen LogP contribution is 2.26. The smallest absolute Gasteiger partial charge is 0.317 e. The largest absolute Gasteiger partial charge is 0.480 e. The molecular weight excluding hydrogens is 258 g/mol. The molecule has 0 spiro atoms. The summed E-state index contributed by atoms with van der Waals surface area (Å²) < 4.78 is 0. The molecule has 0 bridgehead atoms. The van der Waals surface area contributed by atoms with Crippen molar-refractivity contribution >= 4 is 29.1 Å². The predicted molar refractivity (Wildman–Crippen MR) is 67.3 cm³/mol. The van der Waals surface area contributed by atoms with Gasteiger partial charge in [0.05, 0.1) is 4.88 Å². The van der Waals surface area contributed by atoms with Crippen LogP contribution in [0.3, 0.4) is 0 Å².